The van der Waals surface area contributed by atoms with Crippen LogP contribution in [0.1, 0.15) is 24.2 Å². The van der Waals surface area contributed by atoms with Gasteiger partial charge in [0.15, 0.2) is 5.79 Å². The number of aryl methyl sites for hydroxylation is 2. The number of halogens is 1. The molecule has 2 fully saturated rings. The fraction of sp³-hybridized carbons (Fsp3) is 0.474. The Morgan fingerprint density at radius 1 is 1.08 bits per heavy atom. The fourth-order valence-electron chi connectivity index (χ4n) is 3.51. The Hall–Kier alpha value is -1.89. The molecule has 0 atom stereocenters. The quantitative estimate of drug-likeness (QED) is 0.881. The average Bonchev–Trinajstić information content (AvgIpc) is 3.06. The highest BCUT2D eigenvalue weighted by molar-refractivity contribution is 6.30. The van der Waals surface area contributed by atoms with E-state index in [2.05, 4.69) is 20.2 Å². The molecule has 0 radical (unpaired) electrons. The van der Waals surface area contributed by atoms with Gasteiger partial charge in [0.25, 0.3) is 0 Å². The second kappa shape index (κ2) is 7.02. The molecule has 2 aliphatic heterocycles. The molecule has 0 aliphatic carbocycles. The van der Waals surface area contributed by atoms with Gasteiger partial charge in [-0.3, -0.25) is 0 Å². The lowest BCUT2D eigenvalue weighted by atomic mass is 10.0. The lowest BCUT2D eigenvalue weighted by Gasteiger charge is -2.38. The minimum atomic E-state index is -0.377. The first-order valence-corrected chi connectivity index (χ1v) is 9.33. The van der Waals surface area contributed by atoms with Crippen molar-refractivity contribution in [3.8, 4) is 0 Å². The van der Waals surface area contributed by atoms with Gasteiger partial charge < -0.3 is 19.7 Å². The molecule has 3 heterocycles. The van der Waals surface area contributed by atoms with E-state index in [-0.39, 0.29) is 5.79 Å². The van der Waals surface area contributed by atoms with Crippen LogP contribution in [0.15, 0.2) is 24.3 Å². The summed E-state index contributed by atoms with van der Waals surface area (Å²) < 4.78 is 11.6. The third-order valence-electron chi connectivity index (χ3n) is 4.95. The largest absolute Gasteiger partial charge is 0.356 e. The van der Waals surface area contributed by atoms with E-state index in [1.807, 2.05) is 38.1 Å². The monoisotopic (exact) mass is 374 g/mol. The maximum atomic E-state index is 6.12. The van der Waals surface area contributed by atoms with Crippen molar-refractivity contribution >= 4 is 28.9 Å². The number of nitrogens with zero attached hydrogens (tertiary/aromatic N) is 3. The molecule has 1 aromatic heterocycles. The van der Waals surface area contributed by atoms with Crippen LogP contribution in [0.25, 0.3) is 0 Å². The molecule has 2 aliphatic rings. The van der Waals surface area contributed by atoms with Crippen molar-refractivity contribution in [3.05, 3.63) is 40.7 Å². The molecule has 7 heteroatoms. The average molecular weight is 375 g/mol. The van der Waals surface area contributed by atoms with Crippen LogP contribution >= 0.6 is 11.6 Å². The summed E-state index contributed by atoms with van der Waals surface area (Å²) in [6.07, 6.45) is 1.71. The van der Waals surface area contributed by atoms with E-state index in [0.29, 0.717) is 18.2 Å². The number of anilines is 3. The number of hydrogen-bond acceptors (Lipinski definition) is 6. The van der Waals surface area contributed by atoms with Gasteiger partial charge in [-0.25, -0.2) is 9.97 Å². The molecular weight excluding hydrogens is 352 g/mol. The van der Waals surface area contributed by atoms with Crippen LogP contribution in [0.4, 0.5) is 17.3 Å². The SMILES string of the molecule is Cc1nc(Nc2cc(Cl)ccc2C)cc(N2CCC3(CC2)OCCO3)n1. The molecule has 4 rings (SSSR count). The standard InChI is InChI=1S/C19H23ClN4O2/c1-13-3-4-15(20)11-16(13)23-17-12-18(22-14(2)21-17)24-7-5-19(6-8-24)25-9-10-26-19/h3-4,11-12H,5-10H2,1-2H3,(H,21,22,23). The number of piperidine rings is 1. The third kappa shape index (κ3) is 3.63. The van der Waals surface area contributed by atoms with Crippen molar-refractivity contribution in [2.45, 2.75) is 32.5 Å². The predicted molar refractivity (Wildman–Crippen MR) is 102 cm³/mol. The highest BCUT2D eigenvalue weighted by Gasteiger charge is 2.40. The van der Waals surface area contributed by atoms with Crippen LogP contribution in [0.5, 0.6) is 0 Å². The zero-order chi connectivity index (χ0) is 18.1. The van der Waals surface area contributed by atoms with E-state index in [9.17, 15) is 0 Å². The van der Waals surface area contributed by atoms with Crippen molar-refractivity contribution in [1.29, 1.82) is 0 Å². The van der Waals surface area contributed by atoms with Gasteiger partial charge in [0, 0.05) is 42.7 Å². The predicted octanol–water partition coefficient (Wildman–Crippen LogP) is 3.83. The topological polar surface area (TPSA) is 59.5 Å². The molecule has 0 saturated carbocycles. The molecule has 26 heavy (non-hydrogen) atoms. The summed E-state index contributed by atoms with van der Waals surface area (Å²) in [5.74, 6) is 2.05. The zero-order valence-electron chi connectivity index (χ0n) is 15.1. The molecule has 0 bridgehead atoms. The molecule has 2 saturated heterocycles. The Bertz CT molecular complexity index is 798. The maximum absolute atomic E-state index is 6.12. The first-order chi connectivity index (χ1) is 12.5. The summed E-state index contributed by atoms with van der Waals surface area (Å²) in [5, 5.41) is 4.07. The number of benzene rings is 1. The van der Waals surface area contributed by atoms with Crippen LogP contribution in [0.3, 0.4) is 0 Å². The Balaban J connectivity index is 1.52. The van der Waals surface area contributed by atoms with Crippen molar-refractivity contribution < 1.29 is 9.47 Å². The summed E-state index contributed by atoms with van der Waals surface area (Å²) in [4.78, 5) is 11.4. The molecule has 6 nitrogen and oxygen atoms in total. The number of hydrogen-bond donors (Lipinski definition) is 1. The van der Waals surface area contributed by atoms with Gasteiger partial charge in [-0.1, -0.05) is 17.7 Å². The molecule has 1 N–H and O–H groups in total. The van der Waals surface area contributed by atoms with Gasteiger partial charge in [-0.05, 0) is 31.5 Å². The highest BCUT2D eigenvalue weighted by Crippen LogP contribution is 2.33. The van der Waals surface area contributed by atoms with Gasteiger partial charge in [-0.2, -0.15) is 0 Å². The van der Waals surface area contributed by atoms with E-state index in [4.69, 9.17) is 21.1 Å². The fourth-order valence-corrected chi connectivity index (χ4v) is 3.68. The van der Waals surface area contributed by atoms with E-state index >= 15 is 0 Å². The minimum Gasteiger partial charge on any atom is -0.356 e. The Labute approximate surface area is 158 Å². The van der Waals surface area contributed by atoms with E-state index in [1.165, 1.54) is 0 Å². The molecule has 138 valence electrons. The minimum absolute atomic E-state index is 0.377. The molecule has 1 aromatic carbocycles. The van der Waals surface area contributed by atoms with Gasteiger partial charge >= 0.3 is 0 Å². The van der Waals surface area contributed by atoms with Gasteiger partial charge in [-0.15, -0.1) is 0 Å². The Morgan fingerprint density at radius 3 is 2.54 bits per heavy atom. The second-order valence-electron chi connectivity index (χ2n) is 6.84. The lowest BCUT2D eigenvalue weighted by Crippen LogP contribution is -2.45. The lowest BCUT2D eigenvalue weighted by molar-refractivity contribution is -0.169. The molecule has 2 aromatic rings. The normalized spacial score (nSPS) is 19.1. The van der Waals surface area contributed by atoms with Crippen molar-refractivity contribution in [3.63, 3.8) is 0 Å². The Morgan fingerprint density at radius 2 is 1.81 bits per heavy atom. The van der Waals surface area contributed by atoms with Gasteiger partial charge in [0.1, 0.15) is 17.5 Å². The van der Waals surface area contributed by atoms with Crippen molar-refractivity contribution in [1.82, 2.24) is 9.97 Å². The van der Waals surface area contributed by atoms with Crippen LogP contribution in [-0.4, -0.2) is 42.1 Å². The molecule has 1 spiro atoms. The van der Waals surface area contributed by atoms with Crippen LogP contribution in [-0.2, 0) is 9.47 Å². The number of nitrogens with one attached hydrogen (secondary N) is 1. The van der Waals surface area contributed by atoms with Crippen LogP contribution in [0, 0.1) is 13.8 Å². The van der Waals surface area contributed by atoms with E-state index in [1.54, 1.807) is 0 Å². The first-order valence-electron chi connectivity index (χ1n) is 8.95. The third-order valence-corrected chi connectivity index (χ3v) is 5.18. The summed E-state index contributed by atoms with van der Waals surface area (Å²) in [5.41, 5.74) is 2.06. The maximum Gasteiger partial charge on any atom is 0.171 e. The summed E-state index contributed by atoms with van der Waals surface area (Å²) in [6.45, 7) is 7.05. The smallest absolute Gasteiger partial charge is 0.171 e. The number of ether oxygens (including phenoxy) is 2. The van der Waals surface area contributed by atoms with Gasteiger partial charge in [0.05, 0.1) is 13.2 Å². The van der Waals surface area contributed by atoms with E-state index in [0.717, 1.165) is 54.6 Å². The summed E-state index contributed by atoms with van der Waals surface area (Å²) >= 11 is 6.12. The zero-order valence-corrected chi connectivity index (χ0v) is 15.8. The van der Waals surface area contributed by atoms with Crippen LogP contribution < -0.4 is 10.2 Å². The van der Waals surface area contributed by atoms with Crippen molar-refractivity contribution in [2.24, 2.45) is 0 Å². The van der Waals surface area contributed by atoms with Gasteiger partial charge in [0.2, 0.25) is 0 Å². The first kappa shape index (κ1) is 17.5. The second-order valence-corrected chi connectivity index (χ2v) is 7.27. The highest BCUT2D eigenvalue weighted by atomic mass is 35.5. The summed E-state index contributed by atoms with van der Waals surface area (Å²) in [6, 6.07) is 7.77. The molecular formula is C19H23ClN4O2. The number of aromatic nitrogens is 2. The summed E-state index contributed by atoms with van der Waals surface area (Å²) in [7, 11) is 0. The molecule has 0 unspecified atom stereocenters. The number of rotatable bonds is 3. The van der Waals surface area contributed by atoms with E-state index < -0.39 is 0 Å². The molecule has 0 amide bonds. The van der Waals surface area contributed by atoms with Crippen LogP contribution in [0.2, 0.25) is 5.02 Å². The van der Waals surface area contributed by atoms with Crippen molar-refractivity contribution in [2.75, 3.05) is 36.5 Å². The Kier molecular flexibility index (Phi) is 4.73.